The first-order chi connectivity index (χ1) is 14.5. The average molecular weight is 410 g/mol. The van der Waals surface area contributed by atoms with Gasteiger partial charge in [0.2, 0.25) is 5.91 Å². The van der Waals surface area contributed by atoms with Gasteiger partial charge in [-0.3, -0.25) is 14.5 Å². The molecule has 0 radical (unpaired) electrons. The summed E-state index contributed by atoms with van der Waals surface area (Å²) in [5, 5.41) is 0. The van der Waals surface area contributed by atoms with E-state index >= 15 is 0 Å². The Labute approximate surface area is 176 Å². The molecule has 1 amide bonds. The predicted molar refractivity (Wildman–Crippen MR) is 111 cm³/mol. The molecule has 5 nitrogen and oxygen atoms in total. The van der Waals surface area contributed by atoms with Crippen molar-refractivity contribution in [2.24, 2.45) is 5.92 Å². The van der Waals surface area contributed by atoms with Crippen LogP contribution < -0.4 is 0 Å². The van der Waals surface area contributed by atoms with Gasteiger partial charge in [-0.05, 0) is 36.1 Å². The van der Waals surface area contributed by atoms with Crippen molar-refractivity contribution in [1.82, 2.24) is 9.80 Å². The van der Waals surface area contributed by atoms with E-state index in [4.69, 9.17) is 4.74 Å². The number of rotatable bonds is 5. The van der Waals surface area contributed by atoms with Crippen LogP contribution in [0.2, 0.25) is 0 Å². The monoisotopic (exact) mass is 410 g/mol. The smallest absolute Gasteiger partial charge is 0.311 e. The maximum absolute atomic E-state index is 13.2. The highest BCUT2D eigenvalue weighted by atomic mass is 19.1. The number of piperidine rings is 1. The van der Waals surface area contributed by atoms with Crippen LogP contribution in [0, 0.1) is 11.7 Å². The van der Waals surface area contributed by atoms with Crippen molar-refractivity contribution < 1.29 is 18.7 Å². The lowest BCUT2D eigenvalue weighted by Gasteiger charge is -2.47. The number of halogens is 1. The third-order valence-electron chi connectivity index (χ3n) is 6.58. The Kier molecular flexibility index (Phi) is 5.86. The van der Waals surface area contributed by atoms with Crippen molar-refractivity contribution in [3.05, 3.63) is 71.5 Å². The number of amides is 1. The van der Waals surface area contributed by atoms with E-state index in [1.165, 1.54) is 19.2 Å². The number of hydrogen-bond donors (Lipinski definition) is 0. The zero-order chi connectivity index (χ0) is 21.1. The van der Waals surface area contributed by atoms with Gasteiger partial charge in [-0.15, -0.1) is 0 Å². The van der Waals surface area contributed by atoms with E-state index in [-0.39, 0.29) is 24.1 Å². The molecule has 0 aromatic heterocycles. The molecule has 30 heavy (non-hydrogen) atoms. The van der Waals surface area contributed by atoms with E-state index in [0.29, 0.717) is 19.4 Å². The Morgan fingerprint density at radius 1 is 1.03 bits per heavy atom. The maximum Gasteiger partial charge on any atom is 0.311 e. The molecule has 2 heterocycles. The third-order valence-corrected chi connectivity index (χ3v) is 6.58. The minimum atomic E-state index is -0.515. The number of nitrogens with zero attached hydrogens (tertiary/aromatic N) is 2. The van der Waals surface area contributed by atoms with Gasteiger partial charge in [-0.2, -0.15) is 0 Å². The lowest BCUT2D eigenvalue weighted by Crippen LogP contribution is -2.57. The third kappa shape index (κ3) is 3.97. The molecule has 0 saturated carbocycles. The van der Waals surface area contributed by atoms with Crippen LogP contribution in [-0.2, 0) is 27.4 Å². The van der Waals surface area contributed by atoms with Crippen LogP contribution in [-0.4, -0.2) is 47.4 Å². The minimum absolute atomic E-state index is 0.0150. The largest absolute Gasteiger partial charge is 0.469 e. The topological polar surface area (TPSA) is 49.9 Å². The highest BCUT2D eigenvalue weighted by Crippen LogP contribution is 2.45. The Morgan fingerprint density at radius 2 is 1.67 bits per heavy atom. The summed E-state index contributed by atoms with van der Waals surface area (Å²) in [6.07, 6.45) is 1.64. The second-order valence-electron chi connectivity index (χ2n) is 8.25. The highest BCUT2D eigenvalue weighted by molar-refractivity contribution is 5.89. The number of hydrogen-bond acceptors (Lipinski definition) is 4. The fourth-order valence-corrected chi connectivity index (χ4v) is 4.93. The van der Waals surface area contributed by atoms with E-state index in [1.54, 1.807) is 12.1 Å². The average Bonchev–Trinajstić information content (AvgIpc) is 3.03. The zero-order valence-corrected chi connectivity index (χ0v) is 17.2. The Balaban J connectivity index is 1.53. The Bertz CT molecular complexity index is 892. The molecular weight excluding hydrogens is 383 g/mol. The van der Waals surface area contributed by atoms with Gasteiger partial charge in [0.15, 0.2) is 0 Å². The van der Waals surface area contributed by atoms with Gasteiger partial charge >= 0.3 is 5.97 Å². The van der Waals surface area contributed by atoms with Gasteiger partial charge < -0.3 is 9.64 Å². The van der Waals surface area contributed by atoms with Gasteiger partial charge in [0, 0.05) is 32.6 Å². The first kappa shape index (κ1) is 20.5. The molecule has 2 fully saturated rings. The van der Waals surface area contributed by atoms with Crippen LogP contribution in [0.1, 0.15) is 30.4 Å². The molecule has 0 N–H and O–H groups in total. The summed E-state index contributed by atoms with van der Waals surface area (Å²) >= 11 is 0. The minimum Gasteiger partial charge on any atom is -0.469 e. The van der Waals surface area contributed by atoms with Crippen LogP contribution in [0.25, 0.3) is 0 Å². The van der Waals surface area contributed by atoms with Gasteiger partial charge in [-0.25, -0.2) is 4.39 Å². The fourth-order valence-electron chi connectivity index (χ4n) is 4.93. The van der Waals surface area contributed by atoms with E-state index < -0.39 is 11.5 Å². The summed E-state index contributed by atoms with van der Waals surface area (Å²) in [6, 6.07) is 16.5. The molecule has 0 aliphatic carbocycles. The van der Waals surface area contributed by atoms with Crippen molar-refractivity contribution in [2.75, 3.05) is 20.2 Å². The van der Waals surface area contributed by atoms with Crippen molar-refractivity contribution >= 4 is 11.9 Å². The van der Waals surface area contributed by atoms with Crippen LogP contribution >= 0.6 is 0 Å². The molecule has 1 unspecified atom stereocenters. The molecule has 2 saturated heterocycles. The van der Waals surface area contributed by atoms with E-state index in [9.17, 15) is 14.0 Å². The molecule has 2 aliphatic rings. The lowest BCUT2D eigenvalue weighted by atomic mass is 9.76. The quantitative estimate of drug-likeness (QED) is 0.709. The molecule has 1 spiro atoms. The standard InChI is InChI=1S/C24H27FN2O3/c1-30-23(29)21-15-22(28)27(17-18-5-3-2-4-6-18)24(21)11-13-26(14-12-24)16-19-7-9-20(25)10-8-19/h2-10,21H,11-17H2,1H3. The number of methoxy groups -OCH3 is 1. The Morgan fingerprint density at radius 3 is 2.30 bits per heavy atom. The molecule has 4 rings (SSSR count). The number of likely N-dealkylation sites (tertiary alicyclic amines) is 2. The Hall–Kier alpha value is -2.73. The van der Waals surface area contributed by atoms with E-state index in [0.717, 1.165) is 30.8 Å². The van der Waals surface area contributed by atoms with Gasteiger partial charge in [0.1, 0.15) is 5.82 Å². The molecule has 2 aliphatic heterocycles. The molecule has 6 heteroatoms. The fraction of sp³-hybridized carbons (Fsp3) is 0.417. The van der Waals surface area contributed by atoms with Crippen molar-refractivity contribution in [3.63, 3.8) is 0 Å². The van der Waals surface area contributed by atoms with Gasteiger partial charge in [0.05, 0.1) is 18.6 Å². The second-order valence-corrected chi connectivity index (χ2v) is 8.25. The molecule has 2 aromatic rings. The number of carbonyl (C=O) groups excluding carboxylic acids is 2. The SMILES string of the molecule is COC(=O)C1CC(=O)N(Cc2ccccc2)C12CCN(Cc1ccc(F)cc1)CC2. The van der Waals surface area contributed by atoms with Crippen molar-refractivity contribution in [1.29, 1.82) is 0 Å². The van der Waals surface area contributed by atoms with Gasteiger partial charge in [0.25, 0.3) is 0 Å². The van der Waals surface area contributed by atoms with E-state index in [2.05, 4.69) is 4.90 Å². The number of esters is 1. The first-order valence-corrected chi connectivity index (χ1v) is 10.4. The lowest BCUT2D eigenvalue weighted by molar-refractivity contribution is -0.150. The first-order valence-electron chi connectivity index (χ1n) is 10.4. The van der Waals surface area contributed by atoms with Crippen molar-refractivity contribution in [3.8, 4) is 0 Å². The zero-order valence-electron chi connectivity index (χ0n) is 17.2. The van der Waals surface area contributed by atoms with Crippen LogP contribution in [0.15, 0.2) is 54.6 Å². The van der Waals surface area contributed by atoms with Crippen molar-refractivity contribution in [2.45, 2.75) is 37.9 Å². The van der Waals surface area contributed by atoms with Crippen LogP contribution in [0.4, 0.5) is 4.39 Å². The molecule has 1 atom stereocenters. The van der Waals surface area contributed by atoms with Crippen LogP contribution in [0.3, 0.4) is 0 Å². The normalized spacial score (nSPS) is 21.2. The highest BCUT2D eigenvalue weighted by Gasteiger charge is 2.56. The predicted octanol–water partition coefficient (Wildman–Crippen LogP) is 3.38. The summed E-state index contributed by atoms with van der Waals surface area (Å²) in [7, 11) is 1.39. The number of benzene rings is 2. The second kappa shape index (κ2) is 8.56. The summed E-state index contributed by atoms with van der Waals surface area (Å²) in [4.78, 5) is 29.8. The van der Waals surface area contributed by atoms with Crippen LogP contribution in [0.5, 0.6) is 0 Å². The summed E-state index contributed by atoms with van der Waals surface area (Å²) in [5.74, 6) is -0.961. The molecule has 158 valence electrons. The molecule has 0 bridgehead atoms. The van der Waals surface area contributed by atoms with E-state index in [1.807, 2.05) is 35.2 Å². The summed E-state index contributed by atoms with van der Waals surface area (Å²) < 4.78 is 18.3. The molecule has 2 aromatic carbocycles. The summed E-state index contributed by atoms with van der Waals surface area (Å²) in [6.45, 7) is 2.77. The molecular formula is C24H27FN2O3. The van der Waals surface area contributed by atoms with Gasteiger partial charge in [-0.1, -0.05) is 42.5 Å². The number of ether oxygens (including phenoxy) is 1. The summed E-state index contributed by atoms with van der Waals surface area (Å²) in [5.41, 5.74) is 1.60. The number of carbonyl (C=O) groups is 2. The maximum atomic E-state index is 13.2.